The van der Waals surface area contributed by atoms with Gasteiger partial charge in [-0.15, -0.1) is 0 Å². The molecule has 2 heteroatoms. The summed E-state index contributed by atoms with van der Waals surface area (Å²) in [5, 5.41) is 0. The van der Waals surface area contributed by atoms with E-state index in [1.165, 1.54) is 5.57 Å². The van der Waals surface area contributed by atoms with Crippen LogP contribution in [0, 0.1) is 0 Å². The van der Waals surface area contributed by atoms with E-state index < -0.39 is 0 Å². The Morgan fingerprint density at radius 2 is 2.45 bits per heavy atom. The second-order valence-electron chi connectivity index (χ2n) is 3.03. The predicted molar refractivity (Wildman–Crippen MR) is 51.0 cm³/mol. The summed E-state index contributed by atoms with van der Waals surface area (Å²) >= 11 is 3.60. The third-order valence-corrected chi connectivity index (χ3v) is 2.31. The lowest BCUT2D eigenvalue weighted by Gasteiger charge is -2.20. The van der Waals surface area contributed by atoms with Gasteiger partial charge in [-0.25, -0.2) is 0 Å². The topological polar surface area (TPSA) is 9.23 Å². The minimum absolute atomic E-state index is 0.157. The molecule has 0 N–H and O–H groups in total. The van der Waals surface area contributed by atoms with Gasteiger partial charge in [0.2, 0.25) is 0 Å². The summed E-state index contributed by atoms with van der Waals surface area (Å²) in [5.74, 6) is 0. The lowest BCUT2D eigenvalue weighted by Crippen LogP contribution is -2.13. The number of halogens is 1. The molecule has 0 aliphatic heterocycles. The van der Waals surface area contributed by atoms with Crippen LogP contribution in [0.1, 0.15) is 13.3 Å². The Balaban J connectivity index is 2.53. The van der Waals surface area contributed by atoms with E-state index in [0.29, 0.717) is 0 Å². The zero-order chi connectivity index (χ0) is 8.32. The Morgan fingerprint density at radius 1 is 1.73 bits per heavy atom. The first-order valence-electron chi connectivity index (χ1n) is 3.70. The van der Waals surface area contributed by atoms with Gasteiger partial charge in [0.15, 0.2) is 0 Å². The van der Waals surface area contributed by atoms with Crippen molar-refractivity contribution in [3.8, 4) is 0 Å². The van der Waals surface area contributed by atoms with Gasteiger partial charge in [0, 0.05) is 11.4 Å². The van der Waals surface area contributed by atoms with Crippen molar-refractivity contribution in [1.82, 2.24) is 0 Å². The van der Waals surface area contributed by atoms with Gasteiger partial charge < -0.3 is 4.74 Å². The maximum atomic E-state index is 5.01. The number of ether oxygens (including phenoxy) is 1. The highest BCUT2D eigenvalue weighted by Gasteiger charge is 2.17. The molecule has 0 aromatic rings. The summed E-state index contributed by atoms with van der Waals surface area (Å²) in [5.41, 5.74) is 1.27. The number of methoxy groups -OCH3 is 1. The average molecular weight is 217 g/mol. The third kappa shape index (κ3) is 2.80. The highest BCUT2D eigenvalue weighted by molar-refractivity contribution is 9.10. The van der Waals surface area contributed by atoms with E-state index in [1.54, 1.807) is 7.11 Å². The van der Waals surface area contributed by atoms with Crippen molar-refractivity contribution < 1.29 is 4.74 Å². The first kappa shape index (κ1) is 9.01. The molecule has 1 nitrogen and oxygen atoms in total. The number of allylic oxidation sites excluding steroid dienone is 2. The lowest BCUT2D eigenvalue weighted by atomic mass is 9.99. The van der Waals surface area contributed by atoms with Crippen LogP contribution in [0.4, 0.5) is 0 Å². The van der Waals surface area contributed by atoms with Crippen molar-refractivity contribution in [2.75, 3.05) is 13.7 Å². The zero-order valence-corrected chi connectivity index (χ0v) is 8.52. The van der Waals surface area contributed by atoms with Crippen molar-refractivity contribution >= 4 is 15.9 Å². The average Bonchev–Trinajstić information content (AvgIpc) is 1.94. The Kier molecular flexibility index (Phi) is 2.90. The van der Waals surface area contributed by atoms with Crippen LogP contribution < -0.4 is 0 Å². The number of rotatable bonds is 2. The van der Waals surface area contributed by atoms with Crippen LogP contribution in [0.25, 0.3) is 0 Å². The molecular weight excluding hydrogens is 204 g/mol. The zero-order valence-electron chi connectivity index (χ0n) is 6.93. The molecular formula is C9H13BrO. The maximum Gasteiger partial charge on any atom is 0.0709 e. The van der Waals surface area contributed by atoms with Crippen molar-refractivity contribution in [2.24, 2.45) is 0 Å². The summed E-state index contributed by atoms with van der Waals surface area (Å²) in [6.45, 7) is 2.88. The largest absolute Gasteiger partial charge is 0.380 e. The Hall–Kier alpha value is -0.0800. The SMILES string of the molecule is COCC1=CCC(C)(Br)C=C1. The van der Waals surface area contributed by atoms with Gasteiger partial charge in [-0.3, -0.25) is 0 Å². The van der Waals surface area contributed by atoms with Crippen LogP contribution in [0.15, 0.2) is 23.8 Å². The molecule has 1 aliphatic carbocycles. The van der Waals surface area contributed by atoms with Gasteiger partial charge in [0.1, 0.15) is 0 Å². The summed E-state index contributed by atoms with van der Waals surface area (Å²) in [6, 6.07) is 0. The number of hydrogen-bond donors (Lipinski definition) is 0. The fourth-order valence-electron chi connectivity index (χ4n) is 1.02. The molecule has 1 aliphatic rings. The smallest absolute Gasteiger partial charge is 0.0709 e. The molecule has 0 amide bonds. The van der Waals surface area contributed by atoms with Gasteiger partial charge in [-0.05, 0) is 18.9 Å². The van der Waals surface area contributed by atoms with Crippen LogP contribution in [0.5, 0.6) is 0 Å². The van der Waals surface area contributed by atoms with E-state index >= 15 is 0 Å². The monoisotopic (exact) mass is 216 g/mol. The second-order valence-corrected chi connectivity index (χ2v) is 4.84. The van der Waals surface area contributed by atoms with Gasteiger partial charge >= 0.3 is 0 Å². The molecule has 0 saturated carbocycles. The van der Waals surface area contributed by atoms with Gasteiger partial charge in [-0.2, -0.15) is 0 Å². The molecule has 0 bridgehead atoms. The Labute approximate surface area is 76.3 Å². The molecule has 0 fully saturated rings. The van der Waals surface area contributed by atoms with Crippen LogP contribution in [-0.2, 0) is 4.74 Å². The molecule has 0 aromatic carbocycles. The van der Waals surface area contributed by atoms with E-state index in [4.69, 9.17) is 4.74 Å². The standard InChI is InChI=1S/C9H13BrO/c1-9(10)5-3-8(4-6-9)7-11-2/h3-5H,6-7H2,1-2H3. The summed E-state index contributed by atoms with van der Waals surface area (Å²) in [7, 11) is 1.72. The van der Waals surface area contributed by atoms with Gasteiger partial charge in [-0.1, -0.05) is 34.2 Å². The quantitative estimate of drug-likeness (QED) is 0.646. The molecule has 0 heterocycles. The van der Waals surface area contributed by atoms with E-state index in [0.717, 1.165) is 13.0 Å². The van der Waals surface area contributed by atoms with Crippen LogP contribution in [0.2, 0.25) is 0 Å². The minimum Gasteiger partial charge on any atom is -0.380 e. The highest BCUT2D eigenvalue weighted by atomic mass is 79.9. The van der Waals surface area contributed by atoms with Crippen molar-refractivity contribution in [3.63, 3.8) is 0 Å². The van der Waals surface area contributed by atoms with E-state index in [9.17, 15) is 0 Å². The van der Waals surface area contributed by atoms with E-state index in [-0.39, 0.29) is 4.32 Å². The molecule has 62 valence electrons. The maximum absolute atomic E-state index is 5.01. The summed E-state index contributed by atoms with van der Waals surface area (Å²) in [6.07, 6.45) is 7.53. The van der Waals surface area contributed by atoms with Crippen molar-refractivity contribution in [1.29, 1.82) is 0 Å². The first-order chi connectivity index (χ1) is 5.14. The Bertz CT molecular complexity index is 192. The molecule has 1 atom stereocenters. The Morgan fingerprint density at radius 3 is 2.91 bits per heavy atom. The van der Waals surface area contributed by atoms with Gasteiger partial charge in [0.25, 0.3) is 0 Å². The van der Waals surface area contributed by atoms with E-state index in [1.807, 2.05) is 0 Å². The van der Waals surface area contributed by atoms with Crippen LogP contribution in [0.3, 0.4) is 0 Å². The number of alkyl halides is 1. The molecule has 0 spiro atoms. The molecule has 0 saturated heterocycles. The first-order valence-corrected chi connectivity index (χ1v) is 4.49. The highest BCUT2D eigenvalue weighted by Crippen LogP contribution is 2.28. The summed E-state index contributed by atoms with van der Waals surface area (Å²) in [4.78, 5) is 0. The molecule has 11 heavy (non-hydrogen) atoms. The van der Waals surface area contributed by atoms with E-state index in [2.05, 4.69) is 41.1 Å². The molecule has 1 unspecified atom stereocenters. The number of hydrogen-bond acceptors (Lipinski definition) is 1. The minimum atomic E-state index is 0.157. The second kappa shape index (κ2) is 3.55. The fourth-order valence-corrected chi connectivity index (χ4v) is 1.32. The summed E-state index contributed by atoms with van der Waals surface area (Å²) < 4.78 is 5.17. The van der Waals surface area contributed by atoms with Crippen molar-refractivity contribution in [2.45, 2.75) is 17.7 Å². The fraction of sp³-hybridized carbons (Fsp3) is 0.556. The predicted octanol–water partition coefficient (Wildman–Crippen LogP) is 2.67. The third-order valence-electron chi connectivity index (χ3n) is 1.72. The van der Waals surface area contributed by atoms with Crippen LogP contribution >= 0.6 is 15.9 Å². The molecule has 0 radical (unpaired) electrons. The van der Waals surface area contributed by atoms with Crippen molar-refractivity contribution in [3.05, 3.63) is 23.8 Å². The molecule has 0 aromatic heterocycles. The normalized spacial score (nSPS) is 30.3. The van der Waals surface area contributed by atoms with Crippen LogP contribution in [-0.4, -0.2) is 18.0 Å². The lowest BCUT2D eigenvalue weighted by molar-refractivity contribution is 0.227. The van der Waals surface area contributed by atoms with Gasteiger partial charge in [0.05, 0.1) is 6.61 Å². The molecule has 1 rings (SSSR count).